The van der Waals surface area contributed by atoms with E-state index in [1.807, 2.05) is 6.92 Å². The Bertz CT molecular complexity index is 307. The van der Waals surface area contributed by atoms with E-state index in [0.29, 0.717) is 0 Å². The van der Waals surface area contributed by atoms with Crippen LogP contribution in [0.1, 0.15) is 43.9 Å². The molecule has 0 spiro atoms. The average Bonchev–Trinajstić information content (AvgIpc) is 2.18. The third kappa shape index (κ3) is 3.56. The Hall–Kier alpha value is -1.02. The molecule has 0 aliphatic heterocycles. The zero-order valence-electron chi connectivity index (χ0n) is 9.92. The molecule has 0 bridgehead atoms. The van der Waals surface area contributed by atoms with Crippen LogP contribution >= 0.6 is 0 Å². The number of hydrogen-bond acceptors (Lipinski definition) is 2. The van der Waals surface area contributed by atoms with E-state index in [-0.39, 0.29) is 6.04 Å². The fourth-order valence-corrected chi connectivity index (χ4v) is 1.47. The van der Waals surface area contributed by atoms with E-state index in [1.165, 1.54) is 5.56 Å². The molecule has 2 N–H and O–H groups in total. The van der Waals surface area contributed by atoms with Crippen LogP contribution in [0.25, 0.3) is 0 Å². The lowest BCUT2D eigenvalue weighted by Crippen LogP contribution is -2.08. The lowest BCUT2D eigenvalue weighted by molar-refractivity contribution is 0.305. The van der Waals surface area contributed by atoms with E-state index in [9.17, 15) is 0 Å². The molecule has 84 valence electrons. The number of rotatable bonds is 5. The Morgan fingerprint density at radius 2 is 2.13 bits per heavy atom. The van der Waals surface area contributed by atoms with Crippen LogP contribution in [0.5, 0.6) is 5.75 Å². The molecule has 0 radical (unpaired) electrons. The van der Waals surface area contributed by atoms with Crippen molar-refractivity contribution in [2.24, 2.45) is 5.73 Å². The predicted molar refractivity (Wildman–Crippen MR) is 64.2 cm³/mol. The molecule has 0 aliphatic carbocycles. The first-order valence-electron chi connectivity index (χ1n) is 5.64. The lowest BCUT2D eigenvalue weighted by Gasteiger charge is -2.14. The lowest BCUT2D eigenvalue weighted by atomic mass is 10.1. The molecule has 1 rings (SSSR count). The summed E-state index contributed by atoms with van der Waals surface area (Å²) < 4.78 is 5.74. The number of hydrogen-bond donors (Lipinski definition) is 1. The van der Waals surface area contributed by atoms with Crippen LogP contribution in [0, 0.1) is 6.92 Å². The molecule has 2 nitrogen and oxygen atoms in total. The van der Waals surface area contributed by atoms with Gasteiger partial charge in [0.15, 0.2) is 0 Å². The second-order valence-corrected chi connectivity index (χ2v) is 4.03. The molecule has 15 heavy (non-hydrogen) atoms. The highest BCUT2D eigenvalue weighted by Gasteiger charge is 2.07. The summed E-state index contributed by atoms with van der Waals surface area (Å²) in [6.07, 6.45) is 2.24. The van der Waals surface area contributed by atoms with Gasteiger partial charge in [0.2, 0.25) is 0 Å². The zero-order valence-corrected chi connectivity index (χ0v) is 9.92. The quantitative estimate of drug-likeness (QED) is 0.752. The second kappa shape index (κ2) is 5.76. The Balaban J connectivity index is 2.77. The maximum atomic E-state index is 5.89. The minimum absolute atomic E-state index is 0.0298. The number of benzene rings is 1. The van der Waals surface area contributed by atoms with Gasteiger partial charge in [0.1, 0.15) is 5.75 Å². The first-order valence-corrected chi connectivity index (χ1v) is 5.64. The standard InChI is InChI=1S/C13H21NO/c1-4-5-8-15-13-9-10(2)6-7-12(13)11(3)14/h6-7,9,11H,4-5,8,14H2,1-3H3/t11-/m0/s1. The molecule has 0 saturated heterocycles. The van der Waals surface area contributed by atoms with Gasteiger partial charge in [-0.05, 0) is 31.9 Å². The van der Waals surface area contributed by atoms with Crippen LogP contribution in [-0.4, -0.2) is 6.61 Å². The van der Waals surface area contributed by atoms with Crippen LogP contribution in [0.2, 0.25) is 0 Å². The second-order valence-electron chi connectivity index (χ2n) is 4.03. The van der Waals surface area contributed by atoms with E-state index in [2.05, 4.69) is 32.0 Å². The fraction of sp³-hybridized carbons (Fsp3) is 0.538. The molecule has 1 aromatic rings. The van der Waals surface area contributed by atoms with E-state index in [0.717, 1.165) is 30.8 Å². The Morgan fingerprint density at radius 1 is 1.40 bits per heavy atom. The van der Waals surface area contributed by atoms with Gasteiger partial charge in [-0.15, -0.1) is 0 Å². The largest absolute Gasteiger partial charge is 0.493 e. The monoisotopic (exact) mass is 207 g/mol. The number of ether oxygens (including phenoxy) is 1. The molecule has 0 amide bonds. The van der Waals surface area contributed by atoms with Crippen molar-refractivity contribution in [3.05, 3.63) is 29.3 Å². The van der Waals surface area contributed by atoms with Gasteiger partial charge >= 0.3 is 0 Å². The summed E-state index contributed by atoms with van der Waals surface area (Å²) >= 11 is 0. The van der Waals surface area contributed by atoms with Crippen molar-refractivity contribution in [3.8, 4) is 5.75 Å². The molecule has 2 heteroatoms. The van der Waals surface area contributed by atoms with Crippen LogP contribution in [0.3, 0.4) is 0 Å². The van der Waals surface area contributed by atoms with Crippen molar-refractivity contribution in [2.75, 3.05) is 6.61 Å². The summed E-state index contributed by atoms with van der Waals surface area (Å²) in [6.45, 7) is 6.99. The summed E-state index contributed by atoms with van der Waals surface area (Å²) in [5, 5.41) is 0. The SMILES string of the molecule is CCCCOc1cc(C)ccc1[C@H](C)N. The average molecular weight is 207 g/mol. The molecule has 0 unspecified atom stereocenters. The highest BCUT2D eigenvalue weighted by molar-refractivity contribution is 5.38. The van der Waals surface area contributed by atoms with Crippen molar-refractivity contribution < 1.29 is 4.74 Å². The Morgan fingerprint density at radius 3 is 2.73 bits per heavy atom. The van der Waals surface area contributed by atoms with Gasteiger partial charge in [0.05, 0.1) is 6.61 Å². The van der Waals surface area contributed by atoms with E-state index in [4.69, 9.17) is 10.5 Å². The van der Waals surface area contributed by atoms with Crippen LogP contribution < -0.4 is 10.5 Å². The molecule has 0 aliphatic rings. The first kappa shape index (κ1) is 12.1. The summed E-state index contributed by atoms with van der Waals surface area (Å²) in [6, 6.07) is 6.23. The van der Waals surface area contributed by atoms with Crippen LogP contribution in [-0.2, 0) is 0 Å². The fourth-order valence-electron chi connectivity index (χ4n) is 1.47. The van der Waals surface area contributed by atoms with Gasteiger partial charge < -0.3 is 10.5 Å². The van der Waals surface area contributed by atoms with Gasteiger partial charge in [0.25, 0.3) is 0 Å². The summed E-state index contributed by atoms with van der Waals surface area (Å²) in [4.78, 5) is 0. The van der Waals surface area contributed by atoms with E-state index in [1.54, 1.807) is 0 Å². The molecule has 0 aromatic heterocycles. The summed E-state index contributed by atoms with van der Waals surface area (Å²) in [5.41, 5.74) is 8.20. The van der Waals surface area contributed by atoms with E-state index < -0.39 is 0 Å². The van der Waals surface area contributed by atoms with Crippen molar-refractivity contribution in [2.45, 2.75) is 39.7 Å². The smallest absolute Gasteiger partial charge is 0.124 e. The van der Waals surface area contributed by atoms with Gasteiger partial charge in [-0.3, -0.25) is 0 Å². The molecular weight excluding hydrogens is 186 g/mol. The third-order valence-corrected chi connectivity index (χ3v) is 2.42. The highest BCUT2D eigenvalue weighted by Crippen LogP contribution is 2.25. The van der Waals surface area contributed by atoms with Gasteiger partial charge in [0, 0.05) is 11.6 Å². The van der Waals surface area contributed by atoms with E-state index >= 15 is 0 Å². The molecule has 0 heterocycles. The molecule has 1 atom stereocenters. The van der Waals surface area contributed by atoms with Crippen molar-refractivity contribution in [3.63, 3.8) is 0 Å². The van der Waals surface area contributed by atoms with Crippen LogP contribution in [0.15, 0.2) is 18.2 Å². The number of aryl methyl sites for hydroxylation is 1. The first-order chi connectivity index (χ1) is 7.15. The molecule has 1 aromatic carbocycles. The number of unbranched alkanes of at least 4 members (excludes halogenated alkanes) is 1. The minimum Gasteiger partial charge on any atom is -0.493 e. The van der Waals surface area contributed by atoms with Gasteiger partial charge in [-0.1, -0.05) is 25.5 Å². The highest BCUT2D eigenvalue weighted by atomic mass is 16.5. The molecular formula is C13H21NO. The normalized spacial score (nSPS) is 12.5. The minimum atomic E-state index is 0.0298. The maximum Gasteiger partial charge on any atom is 0.124 e. The third-order valence-electron chi connectivity index (χ3n) is 2.42. The van der Waals surface area contributed by atoms with Crippen LogP contribution in [0.4, 0.5) is 0 Å². The van der Waals surface area contributed by atoms with Crippen molar-refractivity contribution in [1.82, 2.24) is 0 Å². The number of nitrogens with two attached hydrogens (primary N) is 1. The van der Waals surface area contributed by atoms with Crippen molar-refractivity contribution in [1.29, 1.82) is 0 Å². The topological polar surface area (TPSA) is 35.2 Å². The zero-order chi connectivity index (χ0) is 11.3. The van der Waals surface area contributed by atoms with Gasteiger partial charge in [-0.2, -0.15) is 0 Å². The predicted octanol–water partition coefficient (Wildman–Crippen LogP) is 3.19. The summed E-state index contributed by atoms with van der Waals surface area (Å²) in [5.74, 6) is 0.943. The van der Waals surface area contributed by atoms with Gasteiger partial charge in [-0.25, -0.2) is 0 Å². The molecule has 0 saturated carbocycles. The Labute approximate surface area is 92.4 Å². The molecule has 0 fully saturated rings. The Kier molecular flexibility index (Phi) is 4.63. The summed E-state index contributed by atoms with van der Waals surface area (Å²) in [7, 11) is 0. The maximum absolute atomic E-state index is 5.89. The van der Waals surface area contributed by atoms with Crippen molar-refractivity contribution >= 4 is 0 Å².